The summed E-state index contributed by atoms with van der Waals surface area (Å²) >= 11 is 13.8. The predicted octanol–water partition coefficient (Wildman–Crippen LogP) is 3.34. The summed E-state index contributed by atoms with van der Waals surface area (Å²) < 4.78 is 0. The van der Waals surface area contributed by atoms with Crippen LogP contribution in [0.5, 0.6) is 0 Å². The van der Waals surface area contributed by atoms with Gasteiger partial charge in [-0.3, -0.25) is 9.59 Å². The van der Waals surface area contributed by atoms with E-state index in [1.54, 1.807) is 12.1 Å². The Morgan fingerprint density at radius 1 is 1.07 bits per heavy atom. The van der Waals surface area contributed by atoms with Crippen LogP contribution in [0.2, 0.25) is 0 Å². The van der Waals surface area contributed by atoms with Gasteiger partial charge in [0.25, 0.3) is 10.5 Å². The van der Waals surface area contributed by atoms with Crippen molar-refractivity contribution in [2.24, 2.45) is 0 Å². The molecule has 0 saturated heterocycles. The van der Waals surface area contributed by atoms with Gasteiger partial charge in [0.1, 0.15) is 0 Å². The van der Waals surface area contributed by atoms with Gasteiger partial charge in [0, 0.05) is 16.5 Å². The molecule has 0 unspecified atom stereocenters. The molecule has 0 fully saturated rings. The summed E-state index contributed by atoms with van der Waals surface area (Å²) in [4.78, 5) is 21.8. The first kappa shape index (κ1) is 11.7. The van der Waals surface area contributed by atoms with E-state index in [0.717, 1.165) is 5.56 Å². The zero-order valence-corrected chi connectivity index (χ0v) is 9.99. The molecule has 0 aliphatic rings. The van der Waals surface area contributed by atoms with Crippen LogP contribution in [0.15, 0.2) is 18.2 Å². The van der Waals surface area contributed by atoms with E-state index in [0.29, 0.717) is 5.33 Å². The maximum atomic E-state index is 10.9. The highest BCUT2D eigenvalue weighted by molar-refractivity contribution is 9.08. The van der Waals surface area contributed by atoms with Crippen LogP contribution in [0.25, 0.3) is 0 Å². The normalized spacial score (nSPS) is 9.93. The molecule has 1 rings (SSSR count). The number of rotatable bonds is 3. The van der Waals surface area contributed by atoms with Crippen LogP contribution >= 0.6 is 39.1 Å². The van der Waals surface area contributed by atoms with Crippen molar-refractivity contribution in [1.29, 1.82) is 0 Å². The lowest BCUT2D eigenvalue weighted by atomic mass is 10.1. The highest BCUT2D eigenvalue weighted by Crippen LogP contribution is 2.16. The number of halogens is 3. The van der Waals surface area contributed by atoms with Crippen molar-refractivity contribution in [3.63, 3.8) is 0 Å². The first-order chi connectivity index (χ1) is 6.54. The van der Waals surface area contributed by atoms with E-state index in [9.17, 15) is 9.59 Å². The van der Waals surface area contributed by atoms with E-state index in [2.05, 4.69) is 15.9 Å². The van der Waals surface area contributed by atoms with Crippen LogP contribution in [-0.2, 0) is 5.33 Å². The molecular weight excluding hydrogens is 291 g/mol. The summed E-state index contributed by atoms with van der Waals surface area (Å²) in [6.07, 6.45) is 0. The van der Waals surface area contributed by atoms with E-state index in [-0.39, 0.29) is 11.1 Å². The highest BCUT2D eigenvalue weighted by atomic mass is 79.9. The Balaban J connectivity index is 3.27. The molecule has 0 radical (unpaired) electrons. The smallest absolute Gasteiger partial charge is 0.252 e. The third-order valence-corrected chi connectivity index (χ3v) is 2.68. The molecular formula is C9H5BrCl2O2. The van der Waals surface area contributed by atoms with Crippen molar-refractivity contribution in [2.75, 3.05) is 0 Å². The zero-order chi connectivity index (χ0) is 10.7. The van der Waals surface area contributed by atoms with E-state index >= 15 is 0 Å². The van der Waals surface area contributed by atoms with Gasteiger partial charge < -0.3 is 0 Å². The van der Waals surface area contributed by atoms with Gasteiger partial charge >= 0.3 is 0 Å². The third kappa shape index (κ3) is 2.80. The summed E-state index contributed by atoms with van der Waals surface area (Å²) in [5, 5.41) is -0.679. The Hall–Kier alpha value is -0.380. The maximum absolute atomic E-state index is 10.9. The fraction of sp³-hybridized carbons (Fsp3) is 0.111. The fourth-order valence-corrected chi connectivity index (χ4v) is 1.54. The molecule has 0 N–H and O–H groups in total. The summed E-state index contributed by atoms with van der Waals surface area (Å²) in [6.45, 7) is 0. The summed E-state index contributed by atoms with van der Waals surface area (Å²) in [5.74, 6) is 0. The Kier molecular flexibility index (Phi) is 4.11. The van der Waals surface area contributed by atoms with Crippen molar-refractivity contribution in [2.45, 2.75) is 5.33 Å². The number of alkyl halides is 1. The minimum Gasteiger partial charge on any atom is -0.276 e. The van der Waals surface area contributed by atoms with Crippen LogP contribution in [0.3, 0.4) is 0 Å². The van der Waals surface area contributed by atoms with Crippen molar-refractivity contribution in [3.05, 3.63) is 34.9 Å². The van der Waals surface area contributed by atoms with E-state index in [4.69, 9.17) is 23.2 Å². The van der Waals surface area contributed by atoms with Gasteiger partial charge in [-0.1, -0.05) is 15.9 Å². The minimum atomic E-state index is -0.605. The van der Waals surface area contributed by atoms with Crippen molar-refractivity contribution in [1.82, 2.24) is 0 Å². The van der Waals surface area contributed by atoms with Gasteiger partial charge in [0.2, 0.25) is 0 Å². The molecule has 0 bridgehead atoms. The zero-order valence-electron chi connectivity index (χ0n) is 6.89. The van der Waals surface area contributed by atoms with Gasteiger partial charge in [-0.15, -0.1) is 0 Å². The molecule has 14 heavy (non-hydrogen) atoms. The molecule has 2 nitrogen and oxygen atoms in total. The fourth-order valence-electron chi connectivity index (χ4n) is 0.996. The summed E-state index contributed by atoms with van der Waals surface area (Å²) in [7, 11) is 0. The minimum absolute atomic E-state index is 0.271. The van der Waals surface area contributed by atoms with Crippen LogP contribution in [0, 0.1) is 0 Å². The van der Waals surface area contributed by atoms with Gasteiger partial charge in [-0.25, -0.2) is 0 Å². The van der Waals surface area contributed by atoms with Crippen molar-refractivity contribution < 1.29 is 9.59 Å². The Morgan fingerprint density at radius 3 is 1.79 bits per heavy atom. The third-order valence-electron chi connectivity index (χ3n) is 1.60. The highest BCUT2D eigenvalue weighted by Gasteiger charge is 2.09. The topological polar surface area (TPSA) is 34.1 Å². The van der Waals surface area contributed by atoms with Crippen LogP contribution in [-0.4, -0.2) is 10.5 Å². The largest absolute Gasteiger partial charge is 0.276 e. The molecule has 1 aromatic rings. The Morgan fingerprint density at radius 2 is 1.50 bits per heavy atom. The number of benzene rings is 1. The molecule has 0 saturated carbocycles. The van der Waals surface area contributed by atoms with Gasteiger partial charge in [-0.05, 0) is 47.0 Å². The Bertz CT molecular complexity index is 358. The van der Waals surface area contributed by atoms with Gasteiger partial charge in [0.15, 0.2) is 0 Å². The number of hydrogen-bond donors (Lipinski definition) is 0. The van der Waals surface area contributed by atoms with Crippen LogP contribution < -0.4 is 0 Å². The SMILES string of the molecule is O=C(Cl)c1cc(CBr)cc(C(=O)Cl)c1. The molecule has 1 aromatic carbocycles. The van der Waals surface area contributed by atoms with Crippen LogP contribution in [0.1, 0.15) is 26.3 Å². The lowest BCUT2D eigenvalue weighted by molar-refractivity contribution is 0.108. The van der Waals surface area contributed by atoms with Gasteiger partial charge in [0.05, 0.1) is 0 Å². The predicted molar refractivity (Wildman–Crippen MR) is 59.4 cm³/mol. The number of hydrogen-bond acceptors (Lipinski definition) is 2. The first-order valence-corrected chi connectivity index (χ1v) is 5.52. The van der Waals surface area contributed by atoms with Gasteiger partial charge in [-0.2, -0.15) is 0 Å². The second-order valence-corrected chi connectivity index (χ2v) is 3.85. The number of carbonyl (C=O) groups excluding carboxylic acids is 2. The quantitative estimate of drug-likeness (QED) is 0.633. The van der Waals surface area contributed by atoms with Crippen molar-refractivity contribution in [3.8, 4) is 0 Å². The van der Waals surface area contributed by atoms with E-state index < -0.39 is 10.5 Å². The average Bonchev–Trinajstić information content (AvgIpc) is 2.16. The molecule has 5 heteroatoms. The molecule has 0 heterocycles. The monoisotopic (exact) mass is 294 g/mol. The molecule has 0 amide bonds. The molecule has 0 spiro atoms. The molecule has 0 aliphatic heterocycles. The molecule has 0 atom stereocenters. The van der Waals surface area contributed by atoms with Crippen molar-refractivity contribution >= 4 is 49.6 Å². The molecule has 0 aromatic heterocycles. The number of carbonyl (C=O) groups is 2. The van der Waals surface area contributed by atoms with E-state index in [1.807, 2.05) is 0 Å². The standard InChI is InChI=1S/C9H5BrCl2O2/c10-4-5-1-6(8(11)13)3-7(2-5)9(12)14/h1-3H,4H2. The second-order valence-electron chi connectivity index (χ2n) is 2.60. The molecule has 74 valence electrons. The Labute approximate surface area is 99.3 Å². The average molecular weight is 296 g/mol. The molecule has 0 aliphatic carbocycles. The lowest BCUT2D eigenvalue weighted by Gasteiger charge is -2.01. The van der Waals surface area contributed by atoms with E-state index in [1.165, 1.54) is 6.07 Å². The van der Waals surface area contributed by atoms with Crippen LogP contribution in [0.4, 0.5) is 0 Å². The lowest BCUT2D eigenvalue weighted by Crippen LogP contribution is -1.97. The maximum Gasteiger partial charge on any atom is 0.252 e. The first-order valence-electron chi connectivity index (χ1n) is 3.64. The second kappa shape index (κ2) is 4.91. The summed E-state index contributed by atoms with van der Waals surface area (Å²) in [6, 6.07) is 4.58. The summed E-state index contributed by atoms with van der Waals surface area (Å²) in [5.41, 5.74) is 1.32.